The Kier molecular flexibility index (Phi) is 3.76. The summed E-state index contributed by atoms with van der Waals surface area (Å²) in [7, 11) is 0. The maximum absolute atomic E-state index is 12.7. The van der Waals surface area contributed by atoms with Gasteiger partial charge >= 0.3 is 0 Å². The van der Waals surface area contributed by atoms with Gasteiger partial charge in [0.2, 0.25) is 5.91 Å². The van der Waals surface area contributed by atoms with Crippen LogP contribution in [-0.4, -0.2) is 35.6 Å². The molecule has 114 valence electrons. The number of hydrogen-bond donors (Lipinski definition) is 1. The summed E-state index contributed by atoms with van der Waals surface area (Å²) in [5, 5.41) is 3.55. The van der Waals surface area contributed by atoms with Crippen LogP contribution in [0.4, 0.5) is 0 Å². The van der Waals surface area contributed by atoms with E-state index < -0.39 is 0 Å². The molecule has 2 unspecified atom stereocenters. The van der Waals surface area contributed by atoms with Crippen molar-refractivity contribution in [3.8, 4) is 0 Å². The number of rotatable bonds is 5. The van der Waals surface area contributed by atoms with Crippen molar-refractivity contribution in [2.24, 2.45) is 0 Å². The molecule has 1 aliphatic carbocycles. The first-order valence-corrected chi connectivity index (χ1v) is 7.83. The lowest BCUT2D eigenvalue weighted by molar-refractivity contribution is -0.132. The number of hydrogen-bond acceptors (Lipinski definition) is 3. The van der Waals surface area contributed by atoms with E-state index in [2.05, 4.69) is 36.5 Å². The van der Waals surface area contributed by atoms with Crippen LogP contribution in [0.25, 0.3) is 0 Å². The van der Waals surface area contributed by atoms with Gasteiger partial charge in [-0.1, -0.05) is 29.8 Å². The van der Waals surface area contributed by atoms with Crippen molar-refractivity contribution in [3.63, 3.8) is 0 Å². The zero-order valence-corrected chi connectivity index (χ0v) is 13.1. The third-order valence-corrected chi connectivity index (χ3v) is 4.44. The van der Waals surface area contributed by atoms with Crippen molar-refractivity contribution in [2.45, 2.75) is 51.4 Å². The van der Waals surface area contributed by atoms with E-state index in [4.69, 9.17) is 4.74 Å². The SMILES string of the molecule is CCOC(C)CN1C(=O)C2(CC2)NC1c1ccc(C)cc1. The fourth-order valence-electron chi connectivity index (χ4n) is 3.09. The number of nitrogens with zero attached hydrogens (tertiary/aromatic N) is 1. The normalized spacial score (nSPS) is 24.6. The molecule has 2 aliphatic rings. The fraction of sp³-hybridized carbons (Fsp3) is 0.588. The molecule has 1 aliphatic heterocycles. The Morgan fingerprint density at radius 3 is 2.62 bits per heavy atom. The van der Waals surface area contributed by atoms with E-state index in [9.17, 15) is 4.79 Å². The molecule has 1 N–H and O–H groups in total. The number of carbonyl (C=O) groups excluding carboxylic acids is 1. The van der Waals surface area contributed by atoms with Crippen molar-refractivity contribution in [2.75, 3.05) is 13.2 Å². The Bertz CT molecular complexity index is 522. The first kappa shape index (κ1) is 14.5. The highest BCUT2D eigenvalue weighted by molar-refractivity contribution is 5.92. The molecular formula is C17H24N2O2. The molecule has 1 heterocycles. The quantitative estimate of drug-likeness (QED) is 0.904. The lowest BCUT2D eigenvalue weighted by Gasteiger charge is -2.27. The van der Waals surface area contributed by atoms with Crippen LogP contribution in [0.5, 0.6) is 0 Å². The Balaban J connectivity index is 1.82. The Morgan fingerprint density at radius 2 is 2.05 bits per heavy atom. The van der Waals surface area contributed by atoms with E-state index in [0.717, 1.165) is 18.4 Å². The number of aryl methyl sites for hydroxylation is 1. The zero-order chi connectivity index (χ0) is 15.0. The molecule has 1 amide bonds. The van der Waals surface area contributed by atoms with Gasteiger partial charge in [0.05, 0.1) is 6.10 Å². The number of carbonyl (C=O) groups is 1. The first-order chi connectivity index (χ1) is 10.1. The van der Waals surface area contributed by atoms with Gasteiger partial charge < -0.3 is 9.64 Å². The number of ether oxygens (including phenoxy) is 1. The minimum absolute atomic E-state index is 0.0245. The van der Waals surface area contributed by atoms with Crippen molar-refractivity contribution >= 4 is 5.91 Å². The maximum Gasteiger partial charge on any atom is 0.244 e. The summed E-state index contributed by atoms with van der Waals surface area (Å²) in [6.07, 6.45) is 1.94. The average molecular weight is 288 g/mol. The van der Waals surface area contributed by atoms with Gasteiger partial charge in [0.1, 0.15) is 11.7 Å². The van der Waals surface area contributed by atoms with E-state index in [0.29, 0.717) is 13.2 Å². The smallest absolute Gasteiger partial charge is 0.244 e. The van der Waals surface area contributed by atoms with Crippen molar-refractivity contribution < 1.29 is 9.53 Å². The molecule has 1 aromatic carbocycles. The molecule has 1 saturated heterocycles. The molecule has 0 aromatic heterocycles. The minimum Gasteiger partial charge on any atom is -0.377 e. The lowest BCUT2D eigenvalue weighted by atomic mass is 10.1. The van der Waals surface area contributed by atoms with Gasteiger partial charge in [-0.25, -0.2) is 0 Å². The molecule has 2 fully saturated rings. The van der Waals surface area contributed by atoms with Gasteiger partial charge in [0.25, 0.3) is 0 Å². The summed E-state index contributed by atoms with van der Waals surface area (Å²) in [6, 6.07) is 8.42. The second kappa shape index (κ2) is 5.43. The van der Waals surface area contributed by atoms with Gasteiger partial charge in [-0.3, -0.25) is 10.1 Å². The van der Waals surface area contributed by atoms with Crippen molar-refractivity contribution in [1.82, 2.24) is 10.2 Å². The summed E-state index contributed by atoms with van der Waals surface area (Å²) < 4.78 is 5.62. The third-order valence-electron chi connectivity index (χ3n) is 4.44. The van der Waals surface area contributed by atoms with Crippen LogP contribution in [0.3, 0.4) is 0 Å². The first-order valence-electron chi connectivity index (χ1n) is 7.83. The highest BCUT2D eigenvalue weighted by atomic mass is 16.5. The zero-order valence-electron chi connectivity index (χ0n) is 13.1. The van der Waals surface area contributed by atoms with E-state index in [1.165, 1.54) is 5.56 Å². The highest BCUT2D eigenvalue weighted by Crippen LogP contribution is 2.45. The Labute approximate surface area is 126 Å². The molecule has 0 bridgehead atoms. The summed E-state index contributed by atoms with van der Waals surface area (Å²) in [6.45, 7) is 7.41. The van der Waals surface area contributed by atoms with Gasteiger partial charge in [0, 0.05) is 13.2 Å². The van der Waals surface area contributed by atoms with E-state index in [1.807, 2.05) is 18.7 Å². The van der Waals surface area contributed by atoms with Gasteiger partial charge in [-0.2, -0.15) is 0 Å². The number of benzene rings is 1. The molecule has 0 radical (unpaired) electrons. The van der Waals surface area contributed by atoms with Crippen molar-refractivity contribution in [3.05, 3.63) is 35.4 Å². The van der Waals surface area contributed by atoms with Crippen LogP contribution < -0.4 is 5.32 Å². The maximum atomic E-state index is 12.7. The molecule has 1 saturated carbocycles. The average Bonchev–Trinajstić information content (AvgIpc) is 3.19. The second-order valence-corrected chi connectivity index (χ2v) is 6.26. The van der Waals surface area contributed by atoms with Crippen LogP contribution in [0.1, 0.15) is 44.0 Å². The van der Waals surface area contributed by atoms with E-state index >= 15 is 0 Å². The topological polar surface area (TPSA) is 41.6 Å². The van der Waals surface area contributed by atoms with Crippen LogP contribution in [0.15, 0.2) is 24.3 Å². The van der Waals surface area contributed by atoms with Crippen LogP contribution in [-0.2, 0) is 9.53 Å². The summed E-state index contributed by atoms with van der Waals surface area (Å²) in [5.74, 6) is 0.236. The Morgan fingerprint density at radius 1 is 1.38 bits per heavy atom. The molecule has 1 aromatic rings. The molecule has 4 heteroatoms. The van der Waals surface area contributed by atoms with Gasteiger partial charge in [-0.05, 0) is 39.2 Å². The number of nitrogens with one attached hydrogen (secondary N) is 1. The fourth-order valence-corrected chi connectivity index (χ4v) is 3.09. The third kappa shape index (κ3) is 2.70. The summed E-state index contributed by atoms with van der Waals surface area (Å²) >= 11 is 0. The van der Waals surface area contributed by atoms with Crippen molar-refractivity contribution in [1.29, 1.82) is 0 Å². The minimum atomic E-state index is -0.290. The van der Waals surface area contributed by atoms with Crippen LogP contribution >= 0.6 is 0 Å². The van der Waals surface area contributed by atoms with Crippen LogP contribution in [0.2, 0.25) is 0 Å². The number of amides is 1. The van der Waals surface area contributed by atoms with Gasteiger partial charge in [-0.15, -0.1) is 0 Å². The molecule has 2 atom stereocenters. The summed E-state index contributed by atoms with van der Waals surface area (Å²) in [5.41, 5.74) is 2.10. The molecule has 4 nitrogen and oxygen atoms in total. The molecule has 21 heavy (non-hydrogen) atoms. The molecule has 1 spiro atoms. The largest absolute Gasteiger partial charge is 0.377 e. The van der Waals surface area contributed by atoms with Gasteiger partial charge in [0.15, 0.2) is 0 Å². The van der Waals surface area contributed by atoms with E-state index in [-0.39, 0.29) is 23.7 Å². The predicted molar refractivity (Wildman–Crippen MR) is 81.8 cm³/mol. The monoisotopic (exact) mass is 288 g/mol. The molecular weight excluding hydrogens is 264 g/mol. The predicted octanol–water partition coefficient (Wildman–Crippen LogP) is 2.38. The standard InChI is InChI=1S/C17H24N2O2/c1-4-21-13(3)11-19-15(14-7-5-12(2)6-8-14)18-17(9-10-17)16(19)20/h5-8,13,15,18H,4,9-11H2,1-3H3. The van der Waals surface area contributed by atoms with Crippen LogP contribution in [0, 0.1) is 6.92 Å². The second-order valence-electron chi connectivity index (χ2n) is 6.26. The lowest BCUT2D eigenvalue weighted by Crippen LogP contribution is -2.37. The molecule has 3 rings (SSSR count). The summed E-state index contributed by atoms with van der Waals surface area (Å²) in [4.78, 5) is 14.6. The van der Waals surface area contributed by atoms with E-state index in [1.54, 1.807) is 0 Å². The highest BCUT2D eigenvalue weighted by Gasteiger charge is 2.59. The Hall–Kier alpha value is -1.39.